The first-order chi connectivity index (χ1) is 12.4. The average molecular weight is 362 g/mol. The Balaban J connectivity index is 0.000000260. The van der Waals surface area contributed by atoms with Crippen LogP contribution in [-0.2, 0) is 9.59 Å². The molecule has 8 nitrogen and oxygen atoms in total. The number of nitrogens with one attached hydrogen (secondary N) is 1. The molecule has 26 heavy (non-hydrogen) atoms. The van der Waals surface area contributed by atoms with Crippen molar-refractivity contribution < 1.29 is 29.0 Å². The molecule has 0 spiro atoms. The van der Waals surface area contributed by atoms with Crippen molar-refractivity contribution in [2.24, 2.45) is 0 Å². The molecule has 1 fully saturated rings. The first-order valence-corrected chi connectivity index (χ1v) is 8.09. The van der Waals surface area contributed by atoms with E-state index in [1.165, 1.54) is 0 Å². The van der Waals surface area contributed by atoms with Crippen molar-refractivity contribution in [3.63, 3.8) is 0 Å². The van der Waals surface area contributed by atoms with E-state index < -0.39 is 11.9 Å². The van der Waals surface area contributed by atoms with Crippen LogP contribution in [0.4, 0.5) is 5.69 Å². The third-order valence-corrected chi connectivity index (χ3v) is 3.92. The normalized spacial score (nSPS) is 17.0. The topological polar surface area (TPSA) is 112 Å². The number of carbonyl (C=O) groups is 2. The van der Waals surface area contributed by atoms with Gasteiger partial charge in [-0.05, 0) is 19.1 Å². The summed E-state index contributed by atoms with van der Waals surface area (Å²) in [6, 6.07) is 6.51. The van der Waals surface area contributed by atoms with Crippen LogP contribution in [-0.4, -0.2) is 54.9 Å². The van der Waals surface area contributed by atoms with Gasteiger partial charge < -0.3 is 29.6 Å². The zero-order chi connectivity index (χ0) is 19.1. The maximum Gasteiger partial charge on any atom is 0.328 e. The molecule has 0 aliphatic carbocycles. The highest BCUT2D eigenvalue weighted by Crippen LogP contribution is 2.34. The average Bonchev–Trinajstić information content (AvgIpc) is 3.09. The van der Waals surface area contributed by atoms with Gasteiger partial charge in [-0.1, -0.05) is 0 Å². The fourth-order valence-electron chi connectivity index (χ4n) is 2.71. The molecular formula is C18H22N2O6. The van der Waals surface area contributed by atoms with Gasteiger partial charge in [0.2, 0.25) is 0 Å². The highest BCUT2D eigenvalue weighted by Gasteiger charge is 2.22. The highest BCUT2D eigenvalue weighted by molar-refractivity contribution is 5.91. The quantitative estimate of drug-likeness (QED) is 0.708. The molecule has 1 saturated heterocycles. The van der Waals surface area contributed by atoms with Gasteiger partial charge in [0, 0.05) is 49.3 Å². The minimum Gasteiger partial charge on any atom is -0.497 e. The van der Waals surface area contributed by atoms with Gasteiger partial charge in [0.15, 0.2) is 5.58 Å². The number of hydrogen-bond acceptors (Lipinski definition) is 6. The van der Waals surface area contributed by atoms with Gasteiger partial charge in [0.05, 0.1) is 19.1 Å². The minimum absolute atomic E-state index is 0.458. The van der Waals surface area contributed by atoms with Crippen LogP contribution < -0.4 is 15.0 Å². The summed E-state index contributed by atoms with van der Waals surface area (Å²) in [5.41, 5.74) is 2.08. The SMILES string of the molecule is COc1cc(N2CCNC[C@@H]2C)c2occc2c1.O=C(O)C=CC(=O)O. The van der Waals surface area contributed by atoms with Crippen molar-refractivity contribution in [3.05, 3.63) is 36.6 Å². The summed E-state index contributed by atoms with van der Waals surface area (Å²) in [5.74, 6) is -1.63. The number of ether oxygens (including phenoxy) is 1. The van der Waals surface area contributed by atoms with E-state index in [-0.39, 0.29) is 0 Å². The van der Waals surface area contributed by atoms with Gasteiger partial charge >= 0.3 is 11.9 Å². The van der Waals surface area contributed by atoms with Crippen molar-refractivity contribution in [3.8, 4) is 5.75 Å². The molecule has 0 saturated carbocycles. The number of carboxylic acids is 2. The Labute approximate surface area is 150 Å². The lowest BCUT2D eigenvalue weighted by Crippen LogP contribution is -2.50. The molecule has 0 radical (unpaired) electrons. The lowest BCUT2D eigenvalue weighted by atomic mass is 10.1. The Bertz CT molecular complexity index is 782. The molecule has 1 atom stereocenters. The zero-order valence-corrected chi connectivity index (χ0v) is 14.6. The number of piperazine rings is 1. The third kappa shape index (κ3) is 5.00. The van der Waals surface area contributed by atoms with E-state index in [4.69, 9.17) is 19.4 Å². The van der Waals surface area contributed by atoms with E-state index in [0.29, 0.717) is 18.2 Å². The summed E-state index contributed by atoms with van der Waals surface area (Å²) in [4.78, 5) is 21.5. The molecule has 0 unspecified atom stereocenters. The van der Waals surface area contributed by atoms with E-state index in [0.717, 1.165) is 42.0 Å². The van der Waals surface area contributed by atoms with Crippen molar-refractivity contribution >= 4 is 28.6 Å². The van der Waals surface area contributed by atoms with Crippen LogP contribution in [0.5, 0.6) is 5.75 Å². The van der Waals surface area contributed by atoms with E-state index in [9.17, 15) is 9.59 Å². The molecule has 2 aromatic rings. The summed E-state index contributed by atoms with van der Waals surface area (Å²) >= 11 is 0. The Morgan fingerprint density at radius 3 is 2.58 bits per heavy atom. The van der Waals surface area contributed by atoms with E-state index in [1.54, 1.807) is 13.4 Å². The summed E-state index contributed by atoms with van der Waals surface area (Å²) in [6.45, 7) is 5.22. The van der Waals surface area contributed by atoms with E-state index >= 15 is 0 Å². The van der Waals surface area contributed by atoms with Gasteiger partial charge in [0.1, 0.15) is 5.75 Å². The predicted molar refractivity (Wildman–Crippen MR) is 96.9 cm³/mol. The second kappa shape index (κ2) is 8.91. The molecule has 1 aromatic heterocycles. The molecule has 0 amide bonds. The van der Waals surface area contributed by atoms with Crippen LogP contribution in [0.1, 0.15) is 6.92 Å². The van der Waals surface area contributed by atoms with E-state index in [1.807, 2.05) is 12.1 Å². The standard InChI is InChI=1S/C14H18N2O2.C4H4O4/c1-10-9-15-4-5-16(10)13-8-12(17-2)7-11-3-6-18-14(11)13;5-3(6)1-2-4(7)8/h3,6-8,10,15H,4-5,9H2,1-2H3;1-2H,(H,5,6)(H,7,8)/t10-;/m0./s1. The lowest BCUT2D eigenvalue weighted by molar-refractivity contribution is -0.134. The number of rotatable bonds is 4. The minimum atomic E-state index is -1.26. The van der Waals surface area contributed by atoms with Crippen molar-refractivity contribution in [2.45, 2.75) is 13.0 Å². The fraction of sp³-hybridized carbons (Fsp3) is 0.333. The maximum absolute atomic E-state index is 9.55. The van der Waals surface area contributed by atoms with Crippen LogP contribution in [0.15, 0.2) is 41.0 Å². The Kier molecular flexibility index (Phi) is 6.62. The monoisotopic (exact) mass is 362 g/mol. The molecule has 3 rings (SSSR count). The van der Waals surface area contributed by atoms with Gasteiger partial charge in [-0.3, -0.25) is 0 Å². The summed E-state index contributed by atoms with van der Waals surface area (Å²) in [7, 11) is 1.70. The second-order valence-corrected chi connectivity index (χ2v) is 5.74. The molecule has 0 bridgehead atoms. The fourth-order valence-corrected chi connectivity index (χ4v) is 2.71. The Hall–Kier alpha value is -3.00. The molecule has 140 valence electrons. The molecular weight excluding hydrogens is 340 g/mol. The predicted octanol–water partition coefficient (Wildman–Crippen LogP) is 1.95. The number of anilines is 1. The van der Waals surface area contributed by atoms with Gasteiger partial charge in [0.25, 0.3) is 0 Å². The number of fused-ring (bicyclic) bond motifs is 1. The smallest absolute Gasteiger partial charge is 0.328 e. The van der Waals surface area contributed by atoms with Crippen molar-refractivity contribution in [2.75, 3.05) is 31.6 Å². The highest BCUT2D eigenvalue weighted by atomic mass is 16.5. The number of benzene rings is 1. The molecule has 1 aliphatic heterocycles. The number of furan rings is 1. The molecule has 1 aromatic carbocycles. The molecule has 1 aliphatic rings. The maximum atomic E-state index is 9.55. The van der Waals surface area contributed by atoms with Crippen LogP contribution in [0.2, 0.25) is 0 Å². The molecule has 2 heterocycles. The van der Waals surface area contributed by atoms with Crippen molar-refractivity contribution in [1.29, 1.82) is 0 Å². The number of carboxylic acid groups (broad SMARTS) is 2. The number of hydrogen-bond donors (Lipinski definition) is 3. The number of aliphatic carboxylic acids is 2. The number of nitrogens with zero attached hydrogens (tertiary/aromatic N) is 1. The van der Waals surface area contributed by atoms with Crippen LogP contribution in [0.25, 0.3) is 11.0 Å². The lowest BCUT2D eigenvalue weighted by Gasteiger charge is -2.35. The molecule has 8 heteroatoms. The van der Waals surface area contributed by atoms with Crippen LogP contribution >= 0.6 is 0 Å². The first-order valence-electron chi connectivity index (χ1n) is 8.09. The summed E-state index contributed by atoms with van der Waals surface area (Å²) in [5, 5.41) is 20.1. The largest absolute Gasteiger partial charge is 0.497 e. The number of methoxy groups -OCH3 is 1. The summed E-state index contributed by atoms with van der Waals surface area (Å²) < 4.78 is 11.0. The third-order valence-electron chi connectivity index (χ3n) is 3.92. The zero-order valence-electron chi connectivity index (χ0n) is 14.6. The first kappa shape index (κ1) is 19.3. The summed E-state index contributed by atoms with van der Waals surface area (Å²) in [6.07, 6.45) is 2.85. The Morgan fingerprint density at radius 2 is 2.00 bits per heavy atom. The van der Waals surface area contributed by atoms with Crippen LogP contribution in [0.3, 0.4) is 0 Å². The van der Waals surface area contributed by atoms with E-state index in [2.05, 4.69) is 23.2 Å². The van der Waals surface area contributed by atoms with Gasteiger partial charge in [-0.15, -0.1) is 0 Å². The van der Waals surface area contributed by atoms with Crippen molar-refractivity contribution in [1.82, 2.24) is 5.32 Å². The Morgan fingerprint density at radius 1 is 1.31 bits per heavy atom. The molecule has 3 N–H and O–H groups in total. The van der Waals surface area contributed by atoms with Gasteiger partial charge in [-0.2, -0.15) is 0 Å². The van der Waals surface area contributed by atoms with Crippen LogP contribution in [0, 0.1) is 0 Å². The second-order valence-electron chi connectivity index (χ2n) is 5.74. The van der Waals surface area contributed by atoms with Gasteiger partial charge in [-0.25, -0.2) is 9.59 Å².